The molecule has 2 rings (SSSR count). The number of hydrogen-bond acceptors (Lipinski definition) is 5. The Labute approximate surface area is 87.6 Å². The molecule has 1 atom stereocenters. The summed E-state index contributed by atoms with van der Waals surface area (Å²) in [5.41, 5.74) is 8.28. The summed E-state index contributed by atoms with van der Waals surface area (Å²) in [4.78, 5) is 15.9. The third-order valence-electron chi connectivity index (χ3n) is 2.26. The van der Waals surface area contributed by atoms with Gasteiger partial charge in [-0.25, -0.2) is 0 Å². The van der Waals surface area contributed by atoms with E-state index in [9.17, 15) is 4.79 Å². The molecule has 1 fully saturated rings. The van der Waals surface area contributed by atoms with Gasteiger partial charge in [0, 0.05) is 0 Å². The lowest BCUT2D eigenvalue weighted by Crippen LogP contribution is -2.36. The Morgan fingerprint density at radius 1 is 1.73 bits per heavy atom. The Bertz CT molecular complexity index is 333. The van der Waals surface area contributed by atoms with Gasteiger partial charge < -0.3 is 10.5 Å². The van der Waals surface area contributed by atoms with Crippen molar-refractivity contribution in [2.24, 2.45) is 21.7 Å². The Hall–Kier alpha value is -1.59. The molecule has 0 aromatic heterocycles. The molecular formula is C9H14N4O2. The predicted octanol–water partition coefficient (Wildman–Crippen LogP) is -0.398. The number of carbonyl (C=O) groups is 1. The van der Waals surface area contributed by atoms with Crippen molar-refractivity contribution in [3.63, 3.8) is 0 Å². The van der Waals surface area contributed by atoms with E-state index in [1.807, 2.05) is 0 Å². The topological polar surface area (TPSA) is 89.1 Å². The van der Waals surface area contributed by atoms with Crippen LogP contribution in [0.5, 0.6) is 0 Å². The van der Waals surface area contributed by atoms with Crippen molar-refractivity contribution in [2.75, 3.05) is 6.61 Å². The minimum atomic E-state index is -0.634. The number of nitrogens with two attached hydrogens (primary N) is 1. The number of rotatable bonds is 3. The lowest BCUT2D eigenvalue weighted by Gasteiger charge is -2.09. The van der Waals surface area contributed by atoms with Crippen molar-refractivity contribution >= 4 is 17.6 Å². The number of ether oxygens (including phenoxy) is 1. The smallest absolute Gasteiger partial charge is 0.324 e. The van der Waals surface area contributed by atoms with E-state index in [0.29, 0.717) is 18.5 Å². The zero-order valence-corrected chi connectivity index (χ0v) is 8.56. The quantitative estimate of drug-likeness (QED) is 0.620. The maximum absolute atomic E-state index is 11.6. The number of hydrogen-bond donors (Lipinski definition) is 2. The first-order valence-corrected chi connectivity index (χ1v) is 5.05. The van der Waals surface area contributed by atoms with Gasteiger partial charge in [-0.2, -0.15) is 5.10 Å². The van der Waals surface area contributed by atoms with Crippen LogP contribution in [0.25, 0.3) is 0 Å². The van der Waals surface area contributed by atoms with Crippen LogP contribution in [-0.2, 0) is 9.53 Å². The highest BCUT2D eigenvalue weighted by atomic mass is 16.5. The summed E-state index contributed by atoms with van der Waals surface area (Å²) in [6.07, 6.45) is 2.14. The van der Waals surface area contributed by atoms with Crippen LogP contribution in [0.1, 0.15) is 19.8 Å². The van der Waals surface area contributed by atoms with Crippen LogP contribution in [0, 0.1) is 5.92 Å². The van der Waals surface area contributed by atoms with Crippen LogP contribution >= 0.6 is 0 Å². The Balaban J connectivity index is 2.10. The first-order valence-electron chi connectivity index (χ1n) is 5.05. The largest absolute Gasteiger partial charge is 0.465 e. The molecule has 1 aliphatic carbocycles. The molecular weight excluding hydrogens is 196 g/mol. The highest BCUT2D eigenvalue weighted by Gasteiger charge is 2.36. The van der Waals surface area contributed by atoms with Crippen molar-refractivity contribution in [3.05, 3.63) is 0 Å². The third-order valence-corrected chi connectivity index (χ3v) is 2.26. The molecule has 0 aromatic carbocycles. The molecule has 0 radical (unpaired) electrons. The van der Waals surface area contributed by atoms with Crippen LogP contribution in [0.3, 0.4) is 0 Å². The summed E-state index contributed by atoms with van der Waals surface area (Å²) < 4.78 is 4.91. The van der Waals surface area contributed by atoms with Gasteiger partial charge in [0.15, 0.2) is 5.92 Å². The Morgan fingerprint density at radius 3 is 3.07 bits per heavy atom. The molecule has 1 heterocycles. The normalized spacial score (nSPS) is 27.4. The fourth-order valence-electron chi connectivity index (χ4n) is 1.35. The molecule has 0 amide bonds. The van der Waals surface area contributed by atoms with Gasteiger partial charge in [-0.15, -0.1) is 0 Å². The molecule has 1 unspecified atom stereocenters. The Kier molecular flexibility index (Phi) is 2.57. The number of aliphatic imine (C=N–C) groups is 1. The third kappa shape index (κ3) is 2.08. The van der Waals surface area contributed by atoms with E-state index in [2.05, 4.69) is 15.5 Å². The fourth-order valence-corrected chi connectivity index (χ4v) is 1.35. The standard InChI is InChI=1S/C9H14N4O2/c1-2-15-9(14)6-7(10)12-13-8(6)11-5-3-4-5/h5-6H,2-4H2,1H3,(H2,10,12)(H,11,13). The van der Waals surface area contributed by atoms with E-state index >= 15 is 0 Å². The summed E-state index contributed by atoms with van der Waals surface area (Å²) in [6, 6.07) is 0.325. The maximum atomic E-state index is 11.6. The van der Waals surface area contributed by atoms with Crippen LogP contribution in [0.2, 0.25) is 0 Å². The van der Waals surface area contributed by atoms with Crippen LogP contribution in [0.4, 0.5) is 0 Å². The molecule has 82 valence electrons. The monoisotopic (exact) mass is 210 g/mol. The second-order valence-corrected chi connectivity index (χ2v) is 3.58. The van der Waals surface area contributed by atoms with Crippen molar-refractivity contribution in [2.45, 2.75) is 25.8 Å². The van der Waals surface area contributed by atoms with Gasteiger partial charge in [-0.05, 0) is 19.8 Å². The van der Waals surface area contributed by atoms with Crippen molar-refractivity contribution in [1.82, 2.24) is 5.43 Å². The summed E-state index contributed by atoms with van der Waals surface area (Å²) in [6.45, 7) is 2.09. The highest BCUT2D eigenvalue weighted by Crippen LogP contribution is 2.25. The van der Waals surface area contributed by atoms with Crippen LogP contribution in [0.15, 0.2) is 10.1 Å². The number of nitrogens with one attached hydrogen (secondary N) is 1. The molecule has 0 aromatic rings. The molecule has 0 bridgehead atoms. The first-order chi connectivity index (χ1) is 7.22. The minimum Gasteiger partial charge on any atom is -0.465 e. The van der Waals surface area contributed by atoms with E-state index in [-0.39, 0.29) is 11.8 Å². The van der Waals surface area contributed by atoms with E-state index in [4.69, 9.17) is 10.5 Å². The lowest BCUT2D eigenvalue weighted by molar-refractivity contribution is -0.143. The summed E-state index contributed by atoms with van der Waals surface area (Å²) in [7, 11) is 0. The van der Waals surface area contributed by atoms with Crippen molar-refractivity contribution in [1.29, 1.82) is 0 Å². The molecule has 2 aliphatic rings. The molecule has 1 saturated carbocycles. The number of esters is 1. The van der Waals surface area contributed by atoms with E-state index < -0.39 is 5.92 Å². The van der Waals surface area contributed by atoms with Crippen molar-refractivity contribution < 1.29 is 9.53 Å². The van der Waals surface area contributed by atoms with Gasteiger partial charge in [0.2, 0.25) is 0 Å². The van der Waals surface area contributed by atoms with Gasteiger partial charge in [0.1, 0.15) is 11.7 Å². The minimum absolute atomic E-state index is 0.229. The molecule has 0 saturated heterocycles. The Morgan fingerprint density at radius 2 is 2.47 bits per heavy atom. The van der Waals surface area contributed by atoms with Gasteiger partial charge >= 0.3 is 5.97 Å². The molecule has 0 spiro atoms. The summed E-state index contributed by atoms with van der Waals surface area (Å²) in [5, 5.41) is 3.80. The zero-order valence-electron chi connectivity index (χ0n) is 8.56. The van der Waals surface area contributed by atoms with E-state index in [1.54, 1.807) is 6.92 Å². The van der Waals surface area contributed by atoms with Gasteiger partial charge in [0.25, 0.3) is 0 Å². The maximum Gasteiger partial charge on any atom is 0.324 e. The zero-order chi connectivity index (χ0) is 10.8. The average molecular weight is 210 g/mol. The molecule has 15 heavy (non-hydrogen) atoms. The number of amidine groups is 2. The van der Waals surface area contributed by atoms with Gasteiger partial charge in [0.05, 0.1) is 12.6 Å². The molecule has 6 nitrogen and oxygen atoms in total. The second-order valence-electron chi connectivity index (χ2n) is 3.58. The number of hydrazone groups is 1. The number of carbonyl (C=O) groups excluding carboxylic acids is 1. The highest BCUT2D eigenvalue weighted by molar-refractivity contribution is 6.21. The second kappa shape index (κ2) is 3.88. The van der Waals surface area contributed by atoms with Crippen LogP contribution in [-0.4, -0.2) is 30.3 Å². The molecule has 1 aliphatic heterocycles. The number of nitrogens with zero attached hydrogens (tertiary/aromatic N) is 2. The van der Waals surface area contributed by atoms with Crippen LogP contribution < -0.4 is 11.2 Å². The molecule has 6 heteroatoms. The van der Waals surface area contributed by atoms with E-state index in [0.717, 1.165) is 12.8 Å². The predicted molar refractivity (Wildman–Crippen MR) is 55.3 cm³/mol. The summed E-state index contributed by atoms with van der Waals surface area (Å²) in [5.74, 6) is -0.269. The summed E-state index contributed by atoms with van der Waals surface area (Å²) >= 11 is 0. The van der Waals surface area contributed by atoms with Crippen molar-refractivity contribution in [3.8, 4) is 0 Å². The van der Waals surface area contributed by atoms with E-state index in [1.165, 1.54) is 0 Å². The average Bonchev–Trinajstić information content (AvgIpc) is 2.91. The first kappa shape index (κ1) is 9.95. The lowest BCUT2D eigenvalue weighted by atomic mass is 10.1. The SMILES string of the molecule is CCOC(=O)C1C(N)=NNC1=NC1CC1. The fraction of sp³-hybridized carbons (Fsp3) is 0.667. The van der Waals surface area contributed by atoms with Gasteiger partial charge in [-0.1, -0.05) is 0 Å². The van der Waals surface area contributed by atoms with Gasteiger partial charge in [-0.3, -0.25) is 15.2 Å². The molecule has 3 N–H and O–H groups in total.